The van der Waals surface area contributed by atoms with Crippen molar-refractivity contribution in [2.75, 3.05) is 32.0 Å². The van der Waals surface area contributed by atoms with Gasteiger partial charge in [0.15, 0.2) is 11.5 Å². The molecule has 2 atom stereocenters. The summed E-state index contributed by atoms with van der Waals surface area (Å²) in [5.74, 6) is 1.37. The van der Waals surface area contributed by atoms with Crippen LogP contribution >= 0.6 is 0 Å². The molecule has 9 heteroatoms. The van der Waals surface area contributed by atoms with Crippen LogP contribution < -0.4 is 11.5 Å². The third kappa shape index (κ3) is 3.92. The van der Waals surface area contributed by atoms with Crippen molar-refractivity contribution in [2.45, 2.75) is 18.9 Å². The lowest BCUT2D eigenvalue weighted by Crippen LogP contribution is -2.41. The highest BCUT2D eigenvalue weighted by molar-refractivity contribution is 5.85. The second kappa shape index (κ2) is 8.75. The number of morpholine rings is 1. The van der Waals surface area contributed by atoms with Crippen molar-refractivity contribution in [3.8, 4) is 17.1 Å². The van der Waals surface area contributed by atoms with Gasteiger partial charge >= 0.3 is 0 Å². The molecule has 9 nitrogen and oxygen atoms in total. The molecule has 2 fully saturated rings. The Morgan fingerprint density at radius 3 is 2.60 bits per heavy atom. The summed E-state index contributed by atoms with van der Waals surface area (Å²) < 4.78 is 7.40. The summed E-state index contributed by atoms with van der Waals surface area (Å²) in [5, 5.41) is 0. The molecule has 4 aromatic rings. The van der Waals surface area contributed by atoms with Crippen molar-refractivity contribution in [1.82, 2.24) is 24.4 Å². The van der Waals surface area contributed by atoms with Crippen LogP contribution in [-0.2, 0) is 16.1 Å². The Balaban J connectivity index is 1.41. The molecule has 1 saturated carbocycles. The third-order valence-corrected chi connectivity index (χ3v) is 6.85. The number of aromatic nitrogens is 4. The summed E-state index contributed by atoms with van der Waals surface area (Å²) in [6, 6.07) is 15.7. The van der Waals surface area contributed by atoms with Gasteiger partial charge in [-0.15, -0.1) is 0 Å². The molecule has 0 bridgehead atoms. The summed E-state index contributed by atoms with van der Waals surface area (Å²) in [6.45, 7) is 3.01. The number of carbonyl (C=O) groups excluding carboxylic acids is 1. The van der Waals surface area contributed by atoms with Crippen LogP contribution in [0.4, 0.5) is 5.82 Å². The van der Waals surface area contributed by atoms with Crippen LogP contribution in [0.25, 0.3) is 28.2 Å². The molecule has 0 radical (unpaired) electrons. The number of nitrogen functional groups attached to an aromatic ring is 1. The monoisotopic (exact) mass is 469 g/mol. The largest absolute Gasteiger partial charge is 0.383 e. The van der Waals surface area contributed by atoms with Crippen molar-refractivity contribution >= 4 is 22.9 Å². The molecular formula is C26H27N7O2. The van der Waals surface area contributed by atoms with E-state index >= 15 is 0 Å². The normalized spacial score (nSPS) is 19.7. The number of benzene rings is 1. The van der Waals surface area contributed by atoms with E-state index in [1.807, 2.05) is 58.0 Å². The number of amides is 1. The molecule has 4 heterocycles. The molecule has 178 valence electrons. The van der Waals surface area contributed by atoms with Gasteiger partial charge in [-0.1, -0.05) is 12.1 Å². The lowest BCUT2D eigenvalue weighted by atomic mass is 10.2. The molecule has 2 unspecified atom stereocenters. The van der Waals surface area contributed by atoms with E-state index in [1.165, 1.54) is 0 Å². The summed E-state index contributed by atoms with van der Waals surface area (Å²) >= 11 is 0. The lowest BCUT2D eigenvalue weighted by molar-refractivity contribution is -0.136. The van der Waals surface area contributed by atoms with E-state index in [1.54, 1.807) is 6.20 Å². The zero-order valence-corrected chi connectivity index (χ0v) is 19.3. The molecule has 1 saturated heterocycles. The van der Waals surface area contributed by atoms with Crippen LogP contribution in [0.3, 0.4) is 0 Å². The highest BCUT2D eigenvalue weighted by Gasteiger charge is 2.47. The number of carbonyl (C=O) groups is 1. The smallest absolute Gasteiger partial charge is 0.226 e. The molecule has 1 aliphatic carbocycles. The van der Waals surface area contributed by atoms with Crippen molar-refractivity contribution in [3.05, 3.63) is 66.0 Å². The number of fused-ring (bicyclic) bond motifs is 1. The first kappa shape index (κ1) is 21.7. The number of hydrogen-bond donors (Lipinski definition) is 2. The number of hydrogen-bond acceptors (Lipinski definition) is 7. The van der Waals surface area contributed by atoms with Crippen molar-refractivity contribution < 1.29 is 9.53 Å². The van der Waals surface area contributed by atoms with Gasteiger partial charge in [-0.25, -0.2) is 15.0 Å². The minimum atomic E-state index is -0.0216. The molecule has 4 N–H and O–H groups in total. The predicted molar refractivity (Wildman–Crippen MR) is 133 cm³/mol. The Morgan fingerprint density at radius 1 is 1.06 bits per heavy atom. The Bertz CT molecular complexity index is 1390. The number of nitrogens with two attached hydrogens (primary N) is 2. The third-order valence-electron chi connectivity index (χ3n) is 6.85. The topological polar surface area (TPSA) is 125 Å². The van der Waals surface area contributed by atoms with Crippen LogP contribution in [0.1, 0.15) is 23.6 Å². The molecule has 35 heavy (non-hydrogen) atoms. The van der Waals surface area contributed by atoms with Crippen LogP contribution in [-0.4, -0.2) is 56.6 Å². The molecule has 1 amide bonds. The van der Waals surface area contributed by atoms with Gasteiger partial charge in [0.25, 0.3) is 0 Å². The Morgan fingerprint density at radius 2 is 1.86 bits per heavy atom. The Kier molecular flexibility index (Phi) is 5.43. The maximum absolute atomic E-state index is 13.0. The molecule has 3 aromatic heterocycles. The van der Waals surface area contributed by atoms with Crippen LogP contribution in [0, 0.1) is 5.92 Å². The number of rotatable bonds is 5. The Hall–Kier alpha value is -3.82. The SMILES string of the molecule is NCc1ccc(-n2c(-c3cccnc3N)nc3ccc(C4CC4C(=O)N4CCOCC4)nc32)cc1. The zero-order valence-electron chi connectivity index (χ0n) is 19.3. The minimum Gasteiger partial charge on any atom is -0.383 e. The average molecular weight is 470 g/mol. The molecule has 2 aliphatic rings. The van der Waals surface area contributed by atoms with E-state index in [9.17, 15) is 4.79 Å². The van der Waals surface area contributed by atoms with E-state index in [0.29, 0.717) is 44.5 Å². The van der Waals surface area contributed by atoms with Gasteiger partial charge in [-0.05, 0) is 48.4 Å². The summed E-state index contributed by atoms with van der Waals surface area (Å²) in [4.78, 5) is 29.1. The summed E-state index contributed by atoms with van der Waals surface area (Å²) in [6.07, 6.45) is 2.48. The molecule has 0 spiro atoms. The minimum absolute atomic E-state index is 0.0216. The first-order valence-electron chi connectivity index (χ1n) is 11.9. The van der Waals surface area contributed by atoms with Crippen molar-refractivity contribution in [2.24, 2.45) is 11.7 Å². The summed E-state index contributed by atoms with van der Waals surface area (Å²) in [5.41, 5.74) is 17.1. The maximum atomic E-state index is 13.0. The fourth-order valence-electron chi connectivity index (χ4n) is 4.80. The van der Waals surface area contributed by atoms with Gasteiger partial charge in [0.2, 0.25) is 5.91 Å². The number of anilines is 1. The lowest BCUT2D eigenvalue weighted by Gasteiger charge is -2.27. The second-order valence-electron chi connectivity index (χ2n) is 9.04. The molecular weight excluding hydrogens is 442 g/mol. The van der Waals surface area contributed by atoms with E-state index in [2.05, 4.69) is 4.98 Å². The number of imidazole rings is 1. The van der Waals surface area contributed by atoms with Crippen LogP contribution in [0.2, 0.25) is 0 Å². The van der Waals surface area contributed by atoms with Gasteiger partial charge in [0.1, 0.15) is 11.3 Å². The standard InChI is InChI=1S/C26H27N7O2/c27-15-16-3-5-17(6-4-16)33-24(18-2-1-9-29-23(18)28)31-22-8-7-21(30-25(22)33)19-14-20(19)26(34)32-10-12-35-13-11-32/h1-9,19-20H,10-15,27H2,(H2,28,29). The van der Waals surface area contributed by atoms with Crippen LogP contribution in [0.15, 0.2) is 54.7 Å². The maximum Gasteiger partial charge on any atom is 0.226 e. The average Bonchev–Trinajstić information content (AvgIpc) is 3.62. The van der Waals surface area contributed by atoms with Gasteiger partial charge in [-0.2, -0.15) is 0 Å². The number of ether oxygens (including phenoxy) is 1. The Labute approximate surface area is 202 Å². The molecule has 1 aliphatic heterocycles. The fourth-order valence-corrected chi connectivity index (χ4v) is 4.80. The van der Waals surface area contributed by atoms with Crippen molar-refractivity contribution in [3.63, 3.8) is 0 Å². The highest BCUT2D eigenvalue weighted by Crippen LogP contribution is 2.48. The van der Waals surface area contributed by atoms with Gasteiger partial charge in [0.05, 0.1) is 18.8 Å². The zero-order chi connectivity index (χ0) is 23.9. The van der Waals surface area contributed by atoms with E-state index in [0.717, 1.165) is 40.1 Å². The van der Waals surface area contributed by atoms with E-state index in [-0.39, 0.29) is 17.7 Å². The molecule has 1 aromatic carbocycles. The molecule has 6 rings (SSSR count). The number of pyridine rings is 2. The second-order valence-corrected chi connectivity index (χ2v) is 9.04. The quantitative estimate of drug-likeness (QED) is 0.460. The first-order valence-corrected chi connectivity index (χ1v) is 11.9. The van der Waals surface area contributed by atoms with Crippen molar-refractivity contribution in [1.29, 1.82) is 0 Å². The van der Waals surface area contributed by atoms with Gasteiger partial charge < -0.3 is 21.1 Å². The van der Waals surface area contributed by atoms with Gasteiger partial charge in [-0.3, -0.25) is 9.36 Å². The van der Waals surface area contributed by atoms with E-state index < -0.39 is 0 Å². The predicted octanol–water partition coefficient (Wildman–Crippen LogP) is 2.49. The first-order chi connectivity index (χ1) is 17.1. The fraction of sp³-hybridized carbons (Fsp3) is 0.308. The number of nitrogens with zero attached hydrogens (tertiary/aromatic N) is 5. The van der Waals surface area contributed by atoms with Crippen LogP contribution in [0.5, 0.6) is 0 Å². The van der Waals surface area contributed by atoms with E-state index in [4.69, 9.17) is 26.2 Å². The van der Waals surface area contributed by atoms with Gasteiger partial charge in [0, 0.05) is 49.0 Å². The highest BCUT2D eigenvalue weighted by atomic mass is 16.5. The summed E-state index contributed by atoms with van der Waals surface area (Å²) in [7, 11) is 0.